The minimum absolute atomic E-state index is 0.654. The van der Waals surface area contributed by atoms with Crippen molar-refractivity contribution >= 4 is 31.8 Å². The van der Waals surface area contributed by atoms with Gasteiger partial charge in [-0.1, -0.05) is 0 Å². The van der Waals surface area contributed by atoms with Gasteiger partial charge >= 0.3 is 77.3 Å². The summed E-state index contributed by atoms with van der Waals surface area (Å²) in [6.45, 7) is 0. The third-order valence-electron chi connectivity index (χ3n) is 0.723. The zero-order valence-electron chi connectivity index (χ0n) is 4.70. The molecule has 0 bridgehead atoms. The summed E-state index contributed by atoms with van der Waals surface area (Å²) >= 11 is 6.71. The average Bonchev–Trinajstić information content (AvgIpc) is 2.40. The van der Waals surface area contributed by atoms with Gasteiger partial charge < -0.3 is 0 Å². The number of thiocarbonyl (C=S) groups is 1. The topological polar surface area (TPSA) is 53.6 Å². The molecule has 0 spiro atoms. The molecule has 1 aromatic rings. The zero-order valence-corrected chi connectivity index (χ0v) is 8.34. The second-order valence-corrected chi connectivity index (χ2v) is 3.83. The van der Waals surface area contributed by atoms with E-state index < -0.39 is 0 Å². The first kappa shape index (κ1) is 8.17. The van der Waals surface area contributed by atoms with Crippen molar-refractivity contribution < 1.29 is 18.5 Å². The molecule has 53 valence electrons. The summed E-state index contributed by atoms with van der Waals surface area (Å²) in [4.78, 5) is 0. The molecule has 7 heteroatoms. The van der Waals surface area contributed by atoms with Crippen LogP contribution in [-0.4, -0.2) is 19.7 Å². The van der Waals surface area contributed by atoms with Crippen LogP contribution in [0.1, 0.15) is 0 Å². The molecular formula is C3H3MoN4S2. The van der Waals surface area contributed by atoms with Gasteiger partial charge in [-0.2, -0.15) is 0 Å². The van der Waals surface area contributed by atoms with Crippen LogP contribution in [0.3, 0.4) is 0 Å². The molecule has 0 aliphatic heterocycles. The molecule has 4 nitrogen and oxygen atoms in total. The first-order chi connectivity index (χ1) is 4.83. The van der Waals surface area contributed by atoms with Gasteiger partial charge in [-0.25, -0.2) is 0 Å². The molecule has 1 rings (SSSR count). The predicted octanol–water partition coefficient (Wildman–Crippen LogP) is 0.696. The molecule has 0 atom stereocenters. The van der Waals surface area contributed by atoms with Crippen molar-refractivity contribution in [2.24, 2.45) is 0 Å². The molecule has 0 aromatic carbocycles. The van der Waals surface area contributed by atoms with Crippen LogP contribution in [0.2, 0.25) is 0 Å². The Morgan fingerprint density at radius 2 is 2.70 bits per heavy atom. The summed E-state index contributed by atoms with van der Waals surface area (Å²) in [6, 6.07) is 0. The molecule has 0 amide bonds. The van der Waals surface area contributed by atoms with Crippen molar-refractivity contribution in [3.8, 4) is 0 Å². The number of rotatable bonds is 1. The van der Waals surface area contributed by atoms with Crippen molar-refractivity contribution in [3.63, 3.8) is 0 Å². The summed E-state index contributed by atoms with van der Waals surface area (Å²) in [5.74, 6) is 0.654. The second kappa shape index (κ2) is 4.05. The molecular weight excluding hydrogens is 252 g/mol. The Balaban J connectivity index is 2.48. The van der Waals surface area contributed by atoms with E-state index in [2.05, 4.69) is 20.7 Å². The summed E-state index contributed by atoms with van der Waals surface area (Å²) in [6.07, 6.45) is 1.64. The van der Waals surface area contributed by atoms with Crippen LogP contribution in [0.25, 0.3) is 0 Å². The van der Waals surface area contributed by atoms with E-state index in [1.807, 2.05) is 18.5 Å². The molecule has 1 heterocycles. The number of anilines is 1. The molecule has 10 heavy (non-hydrogen) atoms. The molecule has 0 saturated heterocycles. The first-order valence-corrected chi connectivity index (χ1v) is 5.91. The van der Waals surface area contributed by atoms with Gasteiger partial charge in [0.2, 0.25) is 0 Å². The van der Waals surface area contributed by atoms with Gasteiger partial charge in [0.05, 0.1) is 0 Å². The van der Waals surface area contributed by atoms with Crippen LogP contribution >= 0.6 is 21.7 Å². The van der Waals surface area contributed by atoms with Crippen molar-refractivity contribution in [3.05, 3.63) is 6.20 Å². The van der Waals surface area contributed by atoms with E-state index in [1.54, 1.807) is 6.20 Å². The third kappa shape index (κ3) is 2.36. The van der Waals surface area contributed by atoms with Crippen LogP contribution in [0, 0.1) is 0 Å². The van der Waals surface area contributed by atoms with Crippen LogP contribution in [0.15, 0.2) is 6.20 Å². The molecule has 0 radical (unpaired) electrons. The number of nitrogens with zero attached hydrogens (tertiary/aromatic N) is 2. The SMILES string of the molecule is S=C(Nc1c[nH]nn1)[S][Mo]. The molecule has 1 aromatic heterocycles. The quantitative estimate of drug-likeness (QED) is 0.571. The van der Waals surface area contributed by atoms with Gasteiger partial charge in [-0.15, -0.1) is 0 Å². The van der Waals surface area contributed by atoms with Gasteiger partial charge in [-0.3, -0.25) is 0 Å². The third-order valence-corrected chi connectivity index (χ3v) is 3.40. The average molecular weight is 255 g/mol. The van der Waals surface area contributed by atoms with E-state index in [1.165, 1.54) is 9.47 Å². The van der Waals surface area contributed by atoms with Crippen LogP contribution < -0.4 is 5.32 Å². The zero-order chi connectivity index (χ0) is 7.40. The van der Waals surface area contributed by atoms with E-state index in [4.69, 9.17) is 12.2 Å². The van der Waals surface area contributed by atoms with Gasteiger partial charge in [0, 0.05) is 0 Å². The molecule has 0 aliphatic rings. The molecule has 2 N–H and O–H groups in total. The summed E-state index contributed by atoms with van der Waals surface area (Å²) in [5.41, 5.74) is 0. The van der Waals surface area contributed by atoms with Gasteiger partial charge in [-0.05, 0) is 0 Å². The van der Waals surface area contributed by atoms with E-state index in [0.29, 0.717) is 10.1 Å². The Labute approximate surface area is 77.1 Å². The monoisotopic (exact) mass is 257 g/mol. The first-order valence-electron chi connectivity index (χ1n) is 2.30. The van der Waals surface area contributed by atoms with Crippen molar-refractivity contribution in [1.82, 2.24) is 15.4 Å². The summed E-state index contributed by atoms with van der Waals surface area (Å²) in [5, 5.41) is 12.6. The van der Waals surface area contributed by atoms with Crippen molar-refractivity contribution in [1.29, 1.82) is 0 Å². The van der Waals surface area contributed by atoms with Crippen molar-refractivity contribution in [2.75, 3.05) is 5.32 Å². The Hall–Kier alpha value is 0.0683. The van der Waals surface area contributed by atoms with Crippen LogP contribution in [-0.2, 0) is 18.5 Å². The van der Waals surface area contributed by atoms with Crippen LogP contribution in [0.4, 0.5) is 5.82 Å². The van der Waals surface area contributed by atoms with E-state index in [9.17, 15) is 0 Å². The second-order valence-electron chi connectivity index (χ2n) is 1.35. The standard InChI is InChI=1S/C3H4N4S2.Mo/c8-3(9)5-2-1-4-7-6-2;/h1H,(H3,4,5,6,7,8,9);/q;+1/p-1. The number of aromatic nitrogens is 3. The molecule has 0 fully saturated rings. The number of aromatic amines is 1. The van der Waals surface area contributed by atoms with E-state index >= 15 is 0 Å². The number of H-pyrrole nitrogens is 1. The number of nitrogens with one attached hydrogen (secondary N) is 2. The fourth-order valence-corrected chi connectivity index (χ4v) is 0.946. The fraction of sp³-hybridized carbons (Fsp3) is 0. The summed E-state index contributed by atoms with van der Waals surface area (Å²) in [7, 11) is 1.47. The summed E-state index contributed by atoms with van der Waals surface area (Å²) < 4.78 is 0.693. The van der Waals surface area contributed by atoms with Crippen LogP contribution in [0.5, 0.6) is 0 Å². The Morgan fingerprint density at radius 1 is 1.90 bits per heavy atom. The van der Waals surface area contributed by atoms with Gasteiger partial charge in [0.15, 0.2) is 0 Å². The predicted molar refractivity (Wildman–Crippen MR) is 40.2 cm³/mol. The Kier molecular flexibility index (Phi) is 3.31. The van der Waals surface area contributed by atoms with Gasteiger partial charge in [0.1, 0.15) is 0 Å². The number of hydrogen-bond donors (Lipinski definition) is 2. The molecule has 0 saturated carbocycles. The van der Waals surface area contributed by atoms with E-state index in [0.717, 1.165) is 0 Å². The normalized spacial score (nSPS) is 9.20. The fourth-order valence-electron chi connectivity index (χ4n) is 0.388. The molecule has 0 unspecified atom stereocenters. The minimum atomic E-state index is 0.654. The maximum absolute atomic E-state index is 4.88. The maximum atomic E-state index is 4.88. The van der Waals surface area contributed by atoms with Gasteiger partial charge in [0.25, 0.3) is 0 Å². The number of hydrogen-bond acceptors (Lipinski definition) is 4. The van der Waals surface area contributed by atoms with Crippen molar-refractivity contribution in [2.45, 2.75) is 0 Å². The molecule has 0 aliphatic carbocycles. The van der Waals surface area contributed by atoms with E-state index in [-0.39, 0.29) is 0 Å². The Bertz CT molecular complexity index is 210. The Morgan fingerprint density at radius 3 is 3.20 bits per heavy atom.